The third-order valence-electron chi connectivity index (χ3n) is 0. The topological polar surface area (TPSA) is 0 Å². The molecule has 0 aromatic rings. The minimum absolute atomic E-state index is 0. The van der Waals surface area contributed by atoms with Crippen LogP contribution < -0.4 is 0 Å². The Morgan fingerprint density at radius 2 is 1.00 bits per heavy atom. The van der Waals surface area contributed by atoms with Crippen molar-refractivity contribution in [3.63, 3.8) is 0 Å². The molecule has 6 heavy (non-hydrogen) atoms. The molecule has 0 heterocycles. The Balaban J connectivity index is -0.00000000500. The van der Waals surface area contributed by atoms with E-state index in [0.29, 0.717) is 0 Å². The summed E-state index contributed by atoms with van der Waals surface area (Å²) >= 11 is 0. The van der Waals surface area contributed by atoms with Crippen LogP contribution in [0.25, 0.3) is 0 Å². The van der Waals surface area contributed by atoms with E-state index in [4.69, 9.17) is 0 Å². The van der Waals surface area contributed by atoms with Gasteiger partial charge in [0.25, 0.3) is 0 Å². The van der Waals surface area contributed by atoms with Crippen molar-refractivity contribution in [3.8, 4) is 0 Å². The van der Waals surface area contributed by atoms with Gasteiger partial charge in [-0.3, -0.25) is 0 Å². The summed E-state index contributed by atoms with van der Waals surface area (Å²) in [7, 11) is 0. The second-order valence-corrected chi connectivity index (χ2v) is 0. The maximum atomic E-state index is 3.25. The molecular formula is C5H14Y-2. The van der Waals surface area contributed by atoms with Crippen LogP contribution in [-0.2, 0) is 32.7 Å². The van der Waals surface area contributed by atoms with Gasteiger partial charge < -0.3 is 14.4 Å². The van der Waals surface area contributed by atoms with Crippen molar-refractivity contribution in [2.45, 2.75) is 20.8 Å². The molecule has 1 radical (unpaired) electrons. The first-order valence-electron chi connectivity index (χ1n) is 1.71. The van der Waals surface area contributed by atoms with Crippen LogP contribution in [0.15, 0.2) is 0 Å². The predicted octanol–water partition coefficient (Wildman–Crippen LogP) is 2.31. The maximum Gasteiger partial charge on any atom is 0 e. The third-order valence-corrected chi connectivity index (χ3v) is 0. The van der Waals surface area contributed by atoms with Crippen molar-refractivity contribution in [2.24, 2.45) is 0 Å². The van der Waals surface area contributed by atoms with Gasteiger partial charge in [0.05, 0.1) is 0 Å². The van der Waals surface area contributed by atoms with Crippen molar-refractivity contribution < 1.29 is 32.7 Å². The molecule has 1 heteroatoms. The molecule has 0 rings (SSSR count). The van der Waals surface area contributed by atoms with E-state index in [-0.39, 0.29) is 40.1 Å². The van der Waals surface area contributed by atoms with E-state index in [1.807, 2.05) is 13.8 Å². The van der Waals surface area contributed by atoms with Crippen molar-refractivity contribution in [3.05, 3.63) is 14.4 Å². The molecule has 0 amide bonds. The van der Waals surface area contributed by atoms with Gasteiger partial charge in [-0.25, -0.2) is 0 Å². The summed E-state index contributed by atoms with van der Waals surface area (Å²) in [5.74, 6) is 0. The number of hydrogen-bond donors (Lipinski definition) is 0. The zero-order valence-electron chi connectivity index (χ0n) is 5.28. The van der Waals surface area contributed by atoms with Crippen LogP contribution in [0.5, 0.6) is 0 Å². The van der Waals surface area contributed by atoms with Gasteiger partial charge in [0.2, 0.25) is 0 Å². The Labute approximate surface area is 67.6 Å². The zero-order chi connectivity index (χ0) is 4.00. The van der Waals surface area contributed by atoms with Gasteiger partial charge >= 0.3 is 0 Å². The smallest absolute Gasteiger partial charge is 0 e. The molecule has 0 aromatic heterocycles. The SMILES string of the molecule is CC.[CH2-]C.[CH3-].[Y]. The fourth-order valence-electron chi connectivity index (χ4n) is 0. The summed E-state index contributed by atoms with van der Waals surface area (Å²) in [5, 5.41) is 0. The van der Waals surface area contributed by atoms with Crippen LogP contribution in [0.4, 0.5) is 0 Å². The van der Waals surface area contributed by atoms with Crippen LogP contribution in [0, 0.1) is 14.4 Å². The molecule has 0 spiro atoms. The van der Waals surface area contributed by atoms with E-state index < -0.39 is 0 Å². The van der Waals surface area contributed by atoms with Crippen LogP contribution in [0.3, 0.4) is 0 Å². The van der Waals surface area contributed by atoms with Gasteiger partial charge in [0, 0.05) is 32.7 Å². The van der Waals surface area contributed by atoms with E-state index in [1.165, 1.54) is 0 Å². The second kappa shape index (κ2) is 130. The average Bonchev–Trinajstić information content (AvgIpc) is 1.50. The van der Waals surface area contributed by atoms with Crippen LogP contribution in [-0.4, -0.2) is 0 Å². The fourth-order valence-corrected chi connectivity index (χ4v) is 0. The monoisotopic (exact) mass is 163 g/mol. The van der Waals surface area contributed by atoms with Crippen molar-refractivity contribution in [2.75, 3.05) is 0 Å². The van der Waals surface area contributed by atoms with E-state index in [1.54, 1.807) is 6.92 Å². The molecule has 0 nitrogen and oxygen atoms in total. The normalized spacial score (nSPS) is 2.00. The maximum absolute atomic E-state index is 3.25. The molecule has 0 saturated carbocycles. The largest absolute Gasteiger partial charge is 0.358 e. The van der Waals surface area contributed by atoms with Gasteiger partial charge in [-0.1, -0.05) is 13.8 Å². The Morgan fingerprint density at radius 3 is 1.00 bits per heavy atom. The molecule has 0 atom stereocenters. The quantitative estimate of drug-likeness (QED) is 0.480. The van der Waals surface area contributed by atoms with Crippen molar-refractivity contribution in [1.29, 1.82) is 0 Å². The van der Waals surface area contributed by atoms with E-state index >= 15 is 0 Å². The first-order valence-corrected chi connectivity index (χ1v) is 1.71. The molecule has 0 N–H and O–H groups in total. The minimum atomic E-state index is 0. The van der Waals surface area contributed by atoms with Crippen molar-refractivity contribution >= 4 is 0 Å². The fraction of sp³-hybridized carbons (Fsp3) is 0.600. The van der Waals surface area contributed by atoms with Crippen molar-refractivity contribution in [1.82, 2.24) is 0 Å². The molecule has 39 valence electrons. The number of rotatable bonds is 0. The molecule has 0 aliphatic carbocycles. The van der Waals surface area contributed by atoms with Gasteiger partial charge in [-0.2, -0.15) is 6.92 Å². The molecule has 0 aliphatic heterocycles. The van der Waals surface area contributed by atoms with Crippen LogP contribution in [0.1, 0.15) is 20.8 Å². The van der Waals surface area contributed by atoms with Gasteiger partial charge in [0.1, 0.15) is 0 Å². The van der Waals surface area contributed by atoms with E-state index in [2.05, 4.69) is 6.92 Å². The van der Waals surface area contributed by atoms with Crippen LogP contribution >= 0.6 is 0 Å². The average molecular weight is 163 g/mol. The summed E-state index contributed by atoms with van der Waals surface area (Å²) in [5.41, 5.74) is 0. The third kappa shape index (κ3) is 70.5. The molecule has 0 fully saturated rings. The predicted molar refractivity (Wildman–Crippen MR) is 28.8 cm³/mol. The summed E-state index contributed by atoms with van der Waals surface area (Å²) in [6.45, 7) is 9.00. The summed E-state index contributed by atoms with van der Waals surface area (Å²) in [4.78, 5) is 0. The minimum Gasteiger partial charge on any atom is -0.358 e. The van der Waals surface area contributed by atoms with E-state index in [9.17, 15) is 0 Å². The second-order valence-electron chi connectivity index (χ2n) is 0. The van der Waals surface area contributed by atoms with E-state index in [0.717, 1.165) is 0 Å². The number of hydrogen-bond acceptors (Lipinski definition) is 0. The summed E-state index contributed by atoms with van der Waals surface area (Å²) < 4.78 is 0. The molecule has 0 aliphatic rings. The first kappa shape index (κ1) is 27.5. The summed E-state index contributed by atoms with van der Waals surface area (Å²) in [6.07, 6.45) is 0. The molecule has 0 aromatic carbocycles. The molecular weight excluding hydrogens is 149 g/mol. The zero-order valence-corrected chi connectivity index (χ0v) is 8.12. The Hall–Kier alpha value is 1.10. The first-order chi connectivity index (χ1) is 2.00. The Kier molecular flexibility index (Phi) is 597. The Morgan fingerprint density at radius 1 is 1.00 bits per heavy atom. The summed E-state index contributed by atoms with van der Waals surface area (Å²) in [6, 6.07) is 0. The standard InChI is InChI=1S/C2H6.C2H5.CH3.Y/c2*1-2;;/h1-2H3;1H2,2H3;1H3;/q;2*-1;. The molecule has 0 unspecified atom stereocenters. The van der Waals surface area contributed by atoms with Gasteiger partial charge in [-0.05, 0) is 0 Å². The Bertz CT molecular complexity index is 3.90. The molecule has 0 saturated heterocycles. The molecule has 0 bridgehead atoms. The van der Waals surface area contributed by atoms with Crippen LogP contribution in [0.2, 0.25) is 0 Å². The van der Waals surface area contributed by atoms with Gasteiger partial charge in [0.15, 0.2) is 0 Å². The van der Waals surface area contributed by atoms with Gasteiger partial charge in [-0.15, -0.1) is 0 Å².